The molecule has 2 heterocycles. The standard InChI is InChI=1S/C14H12N2O2S/c1-3-9-6-13(17)16(8-9)14-15-11-5-4-10(18-2)7-12(11)19-14/h1,4-5,7,9H,6,8H2,2H3. The summed E-state index contributed by atoms with van der Waals surface area (Å²) < 4.78 is 6.19. The van der Waals surface area contributed by atoms with Gasteiger partial charge in [0, 0.05) is 18.9 Å². The van der Waals surface area contributed by atoms with Crippen LogP contribution in [0.2, 0.25) is 0 Å². The maximum absolute atomic E-state index is 11.9. The van der Waals surface area contributed by atoms with Crippen LogP contribution in [0.25, 0.3) is 10.2 Å². The van der Waals surface area contributed by atoms with Crippen molar-refractivity contribution in [3.8, 4) is 18.1 Å². The fourth-order valence-corrected chi connectivity index (χ4v) is 3.16. The van der Waals surface area contributed by atoms with Crippen molar-refractivity contribution in [3.63, 3.8) is 0 Å². The average molecular weight is 272 g/mol. The van der Waals surface area contributed by atoms with Crippen LogP contribution in [0.5, 0.6) is 5.75 Å². The van der Waals surface area contributed by atoms with E-state index in [-0.39, 0.29) is 11.8 Å². The summed E-state index contributed by atoms with van der Waals surface area (Å²) in [6.45, 7) is 0.562. The van der Waals surface area contributed by atoms with E-state index in [4.69, 9.17) is 11.2 Å². The number of nitrogens with zero attached hydrogens (tertiary/aromatic N) is 2. The number of hydrogen-bond acceptors (Lipinski definition) is 4. The molecule has 3 rings (SSSR count). The highest BCUT2D eigenvalue weighted by Gasteiger charge is 2.31. The number of amides is 1. The number of rotatable bonds is 2. The normalized spacial score (nSPS) is 18.8. The number of carbonyl (C=O) groups excluding carboxylic acids is 1. The molecule has 1 aromatic carbocycles. The van der Waals surface area contributed by atoms with Gasteiger partial charge in [-0.25, -0.2) is 4.98 Å². The summed E-state index contributed by atoms with van der Waals surface area (Å²) in [6.07, 6.45) is 5.80. The van der Waals surface area contributed by atoms with Crippen LogP contribution >= 0.6 is 11.3 Å². The molecule has 4 nitrogen and oxygen atoms in total. The van der Waals surface area contributed by atoms with Crippen molar-refractivity contribution in [3.05, 3.63) is 18.2 Å². The number of ether oxygens (including phenoxy) is 1. The predicted octanol–water partition coefficient (Wildman–Crippen LogP) is 2.29. The molecule has 0 saturated carbocycles. The second-order valence-corrected chi connectivity index (χ2v) is 5.41. The Balaban J connectivity index is 1.98. The third-order valence-corrected chi connectivity index (χ3v) is 4.22. The number of benzene rings is 1. The first kappa shape index (κ1) is 12.0. The van der Waals surface area contributed by atoms with Crippen molar-refractivity contribution >= 4 is 32.6 Å². The highest BCUT2D eigenvalue weighted by Crippen LogP contribution is 2.34. The summed E-state index contributed by atoms with van der Waals surface area (Å²) in [5, 5.41) is 0.714. The number of carbonyl (C=O) groups is 1. The zero-order chi connectivity index (χ0) is 13.4. The minimum Gasteiger partial charge on any atom is -0.497 e. The van der Waals surface area contributed by atoms with E-state index in [1.807, 2.05) is 18.2 Å². The molecule has 1 amide bonds. The van der Waals surface area contributed by atoms with Gasteiger partial charge in [0.05, 0.1) is 17.3 Å². The van der Waals surface area contributed by atoms with E-state index in [0.29, 0.717) is 18.1 Å². The minimum atomic E-state index is -0.00551. The lowest BCUT2D eigenvalue weighted by molar-refractivity contribution is -0.117. The second kappa shape index (κ2) is 4.56. The van der Waals surface area contributed by atoms with Gasteiger partial charge >= 0.3 is 0 Å². The number of aromatic nitrogens is 1. The Morgan fingerprint density at radius 2 is 2.42 bits per heavy atom. The maximum Gasteiger partial charge on any atom is 0.230 e. The van der Waals surface area contributed by atoms with Crippen molar-refractivity contribution in [2.24, 2.45) is 5.92 Å². The molecule has 0 spiro atoms. The minimum absolute atomic E-state index is 0.00551. The molecule has 1 aromatic heterocycles. The SMILES string of the molecule is C#CC1CC(=O)N(c2nc3ccc(OC)cc3s2)C1. The van der Waals surface area contributed by atoms with Gasteiger partial charge in [-0.1, -0.05) is 11.3 Å². The first-order valence-electron chi connectivity index (χ1n) is 5.92. The van der Waals surface area contributed by atoms with E-state index >= 15 is 0 Å². The lowest BCUT2D eigenvalue weighted by atomic mass is 10.1. The molecule has 1 unspecified atom stereocenters. The van der Waals surface area contributed by atoms with E-state index < -0.39 is 0 Å². The van der Waals surface area contributed by atoms with Crippen LogP contribution in [0.1, 0.15) is 6.42 Å². The fourth-order valence-electron chi connectivity index (χ4n) is 2.14. The molecule has 5 heteroatoms. The third-order valence-electron chi connectivity index (χ3n) is 3.18. The molecule has 0 radical (unpaired) electrons. The quantitative estimate of drug-likeness (QED) is 0.788. The number of hydrogen-bond donors (Lipinski definition) is 0. The summed E-state index contributed by atoms with van der Waals surface area (Å²) in [4.78, 5) is 18.1. The van der Waals surface area contributed by atoms with Crippen molar-refractivity contribution < 1.29 is 9.53 Å². The van der Waals surface area contributed by atoms with E-state index in [1.54, 1.807) is 12.0 Å². The topological polar surface area (TPSA) is 42.4 Å². The zero-order valence-corrected chi connectivity index (χ0v) is 11.2. The Kier molecular flexibility index (Phi) is 2.88. The van der Waals surface area contributed by atoms with Gasteiger partial charge in [0.15, 0.2) is 5.13 Å². The summed E-state index contributed by atoms with van der Waals surface area (Å²) >= 11 is 1.49. The van der Waals surface area contributed by atoms with Gasteiger partial charge < -0.3 is 4.74 Å². The van der Waals surface area contributed by atoms with Gasteiger partial charge in [0.1, 0.15) is 5.75 Å². The average Bonchev–Trinajstić information content (AvgIpc) is 3.00. The smallest absolute Gasteiger partial charge is 0.230 e. The van der Waals surface area contributed by atoms with Crippen LogP contribution in [0.15, 0.2) is 18.2 Å². The molecule has 1 saturated heterocycles. The Bertz CT molecular complexity index is 686. The third kappa shape index (κ3) is 2.04. The first-order valence-corrected chi connectivity index (χ1v) is 6.74. The van der Waals surface area contributed by atoms with Crippen LogP contribution in [0.3, 0.4) is 0 Å². The van der Waals surface area contributed by atoms with Gasteiger partial charge in [-0.3, -0.25) is 9.69 Å². The molecule has 0 N–H and O–H groups in total. The predicted molar refractivity (Wildman–Crippen MR) is 75.5 cm³/mol. The van der Waals surface area contributed by atoms with Gasteiger partial charge in [-0.15, -0.1) is 12.3 Å². The van der Waals surface area contributed by atoms with Crippen LogP contribution in [-0.2, 0) is 4.79 Å². The molecule has 0 aliphatic carbocycles. The van der Waals surface area contributed by atoms with Crippen molar-refractivity contribution in [2.45, 2.75) is 6.42 Å². The number of fused-ring (bicyclic) bond motifs is 1. The van der Waals surface area contributed by atoms with Gasteiger partial charge in [0.2, 0.25) is 5.91 Å². The highest BCUT2D eigenvalue weighted by molar-refractivity contribution is 7.22. The molecule has 1 aliphatic rings. The van der Waals surface area contributed by atoms with Crippen LogP contribution < -0.4 is 9.64 Å². The van der Waals surface area contributed by atoms with E-state index in [9.17, 15) is 4.79 Å². The summed E-state index contributed by atoms with van der Waals surface area (Å²) in [5.41, 5.74) is 0.873. The Labute approximate surface area is 115 Å². The highest BCUT2D eigenvalue weighted by atomic mass is 32.1. The zero-order valence-electron chi connectivity index (χ0n) is 10.4. The van der Waals surface area contributed by atoms with Gasteiger partial charge in [0.25, 0.3) is 0 Å². The van der Waals surface area contributed by atoms with Crippen LogP contribution in [0, 0.1) is 18.3 Å². The van der Waals surface area contributed by atoms with Crippen molar-refractivity contribution in [1.29, 1.82) is 0 Å². The molecule has 0 bridgehead atoms. The summed E-state index contributed by atoms with van der Waals surface area (Å²) in [6, 6.07) is 5.69. The van der Waals surface area contributed by atoms with Crippen molar-refractivity contribution in [1.82, 2.24) is 4.98 Å². The number of anilines is 1. The molecule has 1 atom stereocenters. The largest absolute Gasteiger partial charge is 0.497 e. The van der Waals surface area contributed by atoms with E-state index in [2.05, 4.69) is 10.9 Å². The molecular formula is C14H12N2O2S. The van der Waals surface area contributed by atoms with Gasteiger partial charge in [-0.2, -0.15) is 0 Å². The van der Waals surface area contributed by atoms with Gasteiger partial charge in [-0.05, 0) is 18.2 Å². The second-order valence-electron chi connectivity index (χ2n) is 4.40. The number of terminal acetylenes is 1. The first-order chi connectivity index (χ1) is 9.21. The summed E-state index contributed by atoms with van der Waals surface area (Å²) in [5.74, 6) is 3.47. The molecule has 19 heavy (non-hydrogen) atoms. The maximum atomic E-state index is 11.9. The Hall–Kier alpha value is -2.06. The van der Waals surface area contributed by atoms with Crippen molar-refractivity contribution in [2.75, 3.05) is 18.6 Å². The number of methoxy groups -OCH3 is 1. The molecule has 1 fully saturated rings. The van der Waals surface area contributed by atoms with E-state index in [0.717, 1.165) is 16.0 Å². The lowest BCUT2D eigenvalue weighted by Crippen LogP contribution is -2.24. The number of thiazole rings is 1. The molecule has 2 aromatic rings. The van der Waals surface area contributed by atoms with E-state index in [1.165, 1.54) is 11.3 Å². The molecule has 96 valence electrons. The Morgan fingerprint density at radius 1 is 1.58 bits per heavy atom. The lowest BCUT2D eigenvalue weighted by Gasteiger charge is -2.10. The Morgan fingerprint density at radius 3 is 3.11 bits per heavy atom. The fraction of sp³-hybridized carbons (Fsp3) is 0.286. The monoisotopic (exact) mass is 272 g/mol. The summed E-state index contributed by atoms with van der Waals surface area (Å²) in [7, 11) is 1.63. The molecule has 1 aliphatic heterocycles. The molecular weight excluding hydrogens is 260 g/mol. The van der Waals surface area contributed by atoms with Crippen LogP contribution in [-0.4, -0.2) is 24.5 Å². The van der Waals surface area contributed by atoms with Crippen LogP contribution in [0.4, 0.5) is 5.13 Å².